The van der Waals surface area contributed by atoms with Gasteiger partial charge in [-0.1, -0.05) is 18.2 Å². The van der Waals surface area contributed by atoms with E-state index in [1.807, 2.05) is 0 Å². The van der Waals surface area contributed by atoms with Gasteiger partial charge in [-0.3, -0.25) is 0 Å². The lowest BCUT2D eigenvalue weighted by Crippen LogP contribution is -2.38. The molecule has 0 aliphatic heterocycles. The number of halogens is 5. The van der Waals surface area contributed by atoms with Crippen LogP contribution in [-0.2, 0) is 0 Å². The first-order valence-corrected chi connectivity index (χ1v) is 4.57. The molecule has 0 aromatic heterocycles. The first-order valence-electron chi connectivity index (χ1n) is 4.57. The highest BCUT2D eigenvalue weighted by atomic mass is 35.5. The fourth-order valence-corrected chi connectivity index (χ4v) is 1.25. The van der Waals surface area contributed by atoms with E-state index in [2.05, 4.69) is 0 Å². The number of aliphatic hydroxyl groups excluding tert-OH is 1. The quantitative estimate of drug-likeness (QED) is 0.832. The van der Waals surface area contributed by atoms with Gasteiger partial charge >= 0.3 is 6.18 Å². The van der Waals surface area contributed by atoms with E-state index in [1.54, 1.807) is 0 Å². The molecule has 0 radical (unpaired) electrons. The van der Waals surface area contributed by atoms with Gasteiger partial charge in [0.15, 0.2) is 0 Å². The average Bonchev–Trinajstić information content (AvgIpc) is 2.16. The molecule has 0 fully saturated rings. The Morgan fingerprint density at radius 3 is 2.24 bits per heavy atom. The van der Waals surface area contributed by atoms with Gasteiger partial charge in [0.2, 0.25) is 0 Å². The van der Waals surface area contributed by atoms with Crippen LogP contribution in [0.15, 0.2) is 24.3 Å². The lowest BCUT2D eigenvalue weighted by atomic mass is 10.0. The van der Waals surface area contributed by atoms with Crippen LogP contribution in [0.5, 0.6) is 0 Å². The number of benzene rings is 1. The smallest absolute Gasteiger partial charge is 0.388 e. The van der Waals surface area contributed by atoms with Crippen LogP contribution in [0.4, 0.5) is 17.6 Å². The molecule has 1 aromatic carbocycles. The van der Waals surface area contributed by atoms with Crippen LogP contribution in [0.1, 0.15) is 18.1 Å². The molecular formula is C10H12ClF4NO. The van der Waals surface area contributed by atoms with Crippen molar-refractivity contribution in [2.75, 3.05) is 0 Å². The predicted octanol–water partition coefficient (Wildman–Crippen LogP) is 2.56. The lowest BCUT2D eigenvalue weighted by Gasteiger charge is -2.19. The Hall–Kier alpha value is -0.850. The Morgan fingerprint density at radius 2 is 1.76 bits per heavy atom. The topological polar surface area (TPSA) is 46.2 Å². The van der Waals surface area contributed by atoms with E-state index < -0.39 is 30.6 Å². The molecule has 0 heterocycles. The number of hydrogen-bond acceptors (Lipinski definition) is 2. The monoisotopic (exact) mass is 273 g/mol. The molecule has 1 aromatic rings. The molecule has 2 atom stereocenters. The lowest BCUT2D eigenvalue weighted by molar-refractivity contribution is -0.154. The van der Waals surface area contributed by atoms with E-state index in [4.69, 9.17) is 5.73 Å². The highest BCUT2D eigenvalue weighted by Gasteiger charge is 2.38. The van der Waals surface area contributed by atoms with Gasteiger partial charge in [-0.15, -0.1) is 12.4 Å². The van der Waals surface area contributed by atoms with Crippen molar-refractivity contribution in [1.29, 1.82) is 0 Å². The van der Waals surface area contributed by atoms with Gasteiger partial charge in [0.1, 0.15) is 11.9 Å². The molecule has 0 spiro atoms. The van der Waals surface area contributed by atoms with Gasteiger partial charge in [-0.2, -0.15) is 13.2 Å². The maximum Gasteiger partial charge on any atom is 0.403 e. The molecule has 7 heteroatoms. The third-order valence-electron chi connectivity index (χ3n) is 2.16. The number of rotatable bonds is 3. The van der Waals surface area contributed by atoms with Crippen LogP contribution in [0.25, 0.3) is 0 Å². The zero-order valence-corrected chi connectivity index (χ0v) is 9.43. The summed E-state index contributed by atoms with van der Waals surface area (Å²) in [5, 5.41) is 9.42. The van der Waals surface area contributed by atoms with Crippen molar-refractivity contribution in [3.63, 3.8) is 0 Å². The summed E-state index contributed by atoms with van der Waals surface area (Å²) >= 11 is 0. The molecule has 0 saturated carbocycles. The SMILES string of the molecule is Cl.N[C@H](C[C@H](O)c1ccccc1F)C(F)(F)F. The van der Waals surface area contributed by atoms with Crippen molar-refractivity contribution in [2.45, 2.75) is 24.7 Å². The van der Waals surface area contributed by atoms with Crippen molar-refractivity contribution < 1.29 is 22.7 Å². The van der Waals surface area contributed by atoms with E-state index in [-0.39, 0.29) is 18.0 Å². The molecule has 98 valence electrons. The second-order valence-corrected chi connectivity index (χ2v) is 3.42. The molecule has 2 nitrogen and oxygen atoms in total. The minimum absolute atomic E-state index is 0. The third kappa shape index (κ3) is 4.49. The summed E-state index contributed by atoms with van der Waals surface area (Å²) in [6.07, 6.45) is -6.91. The molecule has 1 rings (SSSR count). The molecule has 0 unspecified atom stereocenters. The Balaban J connectivity index is 0.00000256. The maximum atomic E-state index is 13.1. The van der Waals surface area contributed by atoms with Crippen LogP contribution in [0.2, 0.25) is 0 Å². The zero-order chi connectivity index (χ0) is 12.3. The molecule has 17 heavy (non-hydrogen) atoms. The van der Waals surface area contributed by atoms with Gasteiger partial charge in [0.05, 0.1) is 6.10 Å². The number of alkyl halides is 3. The highest BCUT2D eigenvalue weighted by Crippen LogP contribution is 2.27. The fraction of sp³-hybridized carbons (Fsp3) is 0.400. The van der Waals surface area contributed by atoms with Crippen molar-refractivity contribution in [3.05, 3.63) is 35.6 Å². The van der Waals surface area contributed by atoms with E-state index in [1.165, 1.54) is 18.2 Å². The average molecular weight is 274 g/mol. The molecular weight excluding hydrogens is 262 g/mol. The minimum atomic E-state index is -4.59. The number of nitrogens with two attached hydrogens (primary N) is 1. The summed E-state index contributed by atoms with van der Waals surface area (Å²) < 4.78 is 49.4. The summed E-state index contributed by atoms with van der Waals surface area (Å²) in [7, 11) is 0. The molecule has 0 amide bonds. The van der Waals surface area contributed by atoms with Gasteiger partial charge in [0, 0.05) is 12.0 Å². The largest absolute Gasteiger partial charge is 0.403 e. The van der Waals surface area contributed by atoms with Crippen molar-refractivity contribution >= 4 is 12.4 Å². The van der Waals surface area contributed by atoms with Crippen LogP contribution in [-0.4, -0.2) is 17.3 Å². The zero-order valence-electron chi connectivity index (χ0n) is 8.62. The maximum absolute atomic E-state index is 13.1. The van der Waals surface area contributed by atoms with Crippen molar-refractivity contribution in [1.82, 2.24) is 0 Å². The first kappa shape index (κ1) is 16.1. The number of hydrogen-bond donors (Lipinski definition) is 2. The second-order valence-electron chi connectivity index (χ2n) is 3.42. The summed E-state index contributed by atoms with van der Waals surface area (Å²) in [6, 6.07) is 2.94. The fourth-order valence-electron chi connectivity index (χ4n) is 1.25. The summed E-state index contributed by atoms with van der Waals surface area (Å²) in [5.74, 6) is -0.746. The van der Waals surface area contributed by atoms with E-state index in [0.717, 1.165) is 6.07 Å². The third-order valence-corrected chi connectivity index (χ3v) is 2.16. The van der Waals surface area contributed by atoms with E-state index in [0.29, 0.717) is 0 Å². The van der Waals surface area contributed by atoms with Crippen molar-refractivity contribution in [3.8, 4) is 0 Å². The van der Waals surface area contributed by atoms with Crippen molar-refractivity contribution in [2.24, 2.45) is 5.73 Å². The normalized spacial score (nSPS) is 14.9. The summed E-state index contributed by atoms with van der Waals surface area (Å²) in [4.78, 5) is 0. The predicted molar refractivity (Wildman–Crippen MR) is 57.3 cm³/mol. The van der Waals surface area contributed by atoms with Crippen LogP contribution >= 0.6 is 12.4 Å². The highest BCUT2D eigenvalue weighted by molar-refractivity contribution is 5.85. The summed E-state index contributed by atoms with van der Waals surface area (Å²) in [6.45, 7) is 0. The van der Waals surface area contributed by atoms with Gasteiger partial charge in [-0.05, 0) is 6.07 Å². The van der Waals surface area contributed by atoms with Crippen LogP contribution in [0.3, 0.4) is 0 Å². The Bertz CT molecular complexity index is 358. The van der Waals surface area contributed by atoms with E-state index >= 15 is 0 Å². The van der Waals surface area contributed by atoms with E-state index in [9.17, 15) is 22.7 Å². The Morgan fingerprint density at radius 1 is 1.24 bits per heavy atom. The first-order chi connectivity index (χ1) is 7.32. The number of aliphatic hydroxyl groups is 1. The van der Waals surface area contributed by atoms with Gasteiger partial charge < -0.3 is 10.8 Å². The van der Waals surface area contributed by atoms with Gasteiger partial charge in [0.25, 0.3) is 0 Å². The standard InChI is InChI=1S/C10H11F4NO.ClH/c11-7-4-2-1-3-6(7)8(16)5-9(15)10(12,13)14;/h1-4,8-9,16H,5,15H2;1H/t8-,9+;/m0./s1. The van der Waals surface area contributed by atoms with Gasteiger partial charge in [-0.25, -0.2) is 4.39 Å². The van der Waals surface area contributed by atoms with Crippen LogP contribution < -0.4 is 5.73 Å². The second kappa shape index (κ2) is 6.18. The Kier molecular flexibility index (Phi) is 5.87. The van der Waals surface area contributed by atoms with Crippen LogP contribution in [0, 0.1) is 5.82 Å². The Labute approximate surface area is 102 Å². The molecule has 3 N–H and O–H groups in total. The molecule has 0 aliphatic carbocycles. The molecule has 0 saturated heterocycles. The molecule has 0 aliphatic rings. The minimum Gasteiger partial charge on any atom is -0.388 e. The summed E-state index contributed by atoms with van der Waals surface area (Å²) in [5.41, 5.74) is 4.65. The molecule has 0 bridgehead atoms.